The summed E-state index contributed by atoms with van der Waals surface area (Å²) in [6.45, 7) is 3.20. The Labute approximate surface area is 148 Å². The van der Waals surface area contributed by atoms with Gasteiger partial charge in [0.05, 0.1) is 0 Å². The zero-order valence-electron chi connectivity index (χ0n) is 14.1. The van der Waals surface area contributed by atoms with Crippen molar-refractivity contribution >= 4 is 30.3 Å². The van der Waals surface area contributed by atoms with Crippen molar-refractivity contribution < 1.29 is 14.4 Å². The van der Waals surface area contributed by atoms with Gasteiger partial charge in [0, 0.05) is 25.0 Å². The standard InChI is InChI=1S/C16H26N4O3.ClH/c1-11-12(5-4-9-17-11)18-13(21)6-10-20-14(22)16(19-15(20)23)7-2-3-8-16;/h11-12,17H,2-10H2,1H3,(H,18,21)(H,19,23);1H. The number of amides is 4. The maximum atomic E-state index is 12.5. The summed E-state index contributed by atoms with van der Waals surface area (Å²) >= 11 is 0. The summed E-state index contributed by atoms with van der Waals surface area (Å²) in [6.07, 6.45) is 5.53. The molecule has 8 heteroatoms. The van der Waals surface area contributed by atoms with Crippen molar-refractivity contribution in [1.29, 1.82) is 0 Å². The SMILES string of the molecule is CC1NCCCC1NC(=O)CCN1C(=O)NC2(CCCC2)C1=O.Cl. The molecule has 3 N–H and O–H groups in total. The minimum atomic E-state index is -0.685. The van der Waals surface area contributed by atoms with Gasteiger partial charge in [-0.25, -0.2) is 4.79 Å². The summed E-state index contributed by atoms with van der Waals surface area (Å²) < 4.78 is 0. The maximum Gasteiger partial charge on any atom is 0.325 e. The highest BCUT2D eigenvalue weighted by atomic mass is 35.5. The molecule has 7 nitrogen and oxygen atoms in total. The van der Waals surface area contributed by atoms with E-state index in [4.69, 9.17) is 0 Å². The summed E-state index contributed by atoms with van der Waals surface area (Å²) in [5.74, 6) is -0.251. The molecule has 0 radical (unpaired) electrons. The van der Waals surface area contributed by atoms with Crippen molar-refractivity contribution in [3.05, 3.63) is 0 Å². The fourth-order valence-corrected chi connectivity index (χ4v) is 3.93. The van der Waals surface area contributed by atoms with Crippen LogP contribution in [0.5, 0.6) is 0 Å². The molecule has 3 aliphatic rings. The van der Waals surface area contributed by atoms with Gasteiger partial charge in [-0.2, -0.15) is 0 Å². The van der Waals surface area contributed by atoms with Crippen molar-refractivity contribution in [2.24, 2.45) is 0 Å². The molecule has 2 atom stereocenters. The summed E-state index contributed by atoms with van der Waals surface area (Å²) in [7, 11) is 0. The first-order valence-electron chi connectivity index (χ1n) is 8.69. The van der Waals surface area contributed by atoms with Gasteiger partial charge in [0.15, 0.2) is 0 Å². The zero-order chi connectivity index (χ0) is 16.4. The Bertz CT molecular complexity index is 508. The lowest BCUT2D eigenvalue weighted by molar-refractivity contribution is -0.131. The number of halogens is 1. The average molecular weight is 359 g/mol. The minimum Gasteiger partial charge on any atom is -0.352 e. The third-order valence-electron chi connectivity index (χ3n) is 5.37. The molecule has 3 rings (SSSR count). The lowest BCUT2D eigenvalue weighted by atomic mass is 9.98. The van der Waals surface area contributed by atoms with Crippen LogP contribution in [0.15, 0.2) is 0 Å². The number of urea groups is 1. The molecular formula is C16H27ClN4O3. The van der Waals surface area contributed by atoms with E-state index in [-0.39, 0.29) is 55.3 Å². The Kier molecular flexibility index (Phi) is 6.09. The highest BCUT2D eigenvalue weighted by molar-refractivity contribution is 6.07. The van der Waals surface area contributed by atoms with Crippen molar-refractivity contribution in [2.45, 2.75) is 69.5 Å². The molecule has 1 saturated carbocycles. The van der Waals surface area contributed by atoms with Crippen LogP contribution in [0.3, 0.4) is 0 Å². The third-order valence-corrected chi connectivity index (χ3v) is 5.37. The van der Waals surface area contributed by atoms with Crippen LogP contribution in [0.4, 0.5) is 4.79 Å². The molecule has 0 aromatic rings. The minimum absolute atomic E-state index is 0. The van der Waals surface area contributed by atoms with Crippen LogP contribution in [0.1, 0.15) is 51.9 Å². The molecule has 136 valence electrons. The molecule has 3 fully saturated rings. The number of hydrogen-bond donors (Lipinski definition) is 3. The Hall–Kier alpha value is -1.34. The Morgan fingerprint density at radius 3 is 2.67 bits per heavy atom. The molecule has 4 amide bonds. The topological polar surface area (TPSA) is 90.5 Å². The van der Waals surface area contributed by atoms with Crippen molar-refractivity contribution in [2.75, 3.05) is 13.1 Å². The van der Waals surface area contributed by atoms with E-state index < -0.39 is 5.54 Å². The first-order valence-corrected chi connectivity index (χ1v) is 8.69. The molecular weight excluding hydrogens is 332 g/mol. The monoisotopic (exact) mass is 358 g/mol. The van der Waals surface area contributed by atoms with E-state index >= 15 is 0 Å². The molecule has 2 heterocycles. The number of hydrogen-bond acceptors (Lipinski definition) is 4. The molecule has 2 aliphatic heterocycles. The molecule has 1 aliphatic carbocycles. The molecule has 1 spiro atoms. The quantitative estimate of drug-likeness (QED) is 0.652. The molecule has 2 unspecified atom stereocenters. The Morgan fingerprint density at radius 2 is 2.00 bits per heavy atom. The van der Waals surface area contributed by atoms with Gasteiger partial charge in [0.25, 0.3) is 5.91 Å². The van der Waals surface area contributed by atoms with E-state index in [2.05, 4.69) is 22.9 Å². The van der Waals surface area contributed by atoms with E-state index in [1.54, 1.807) is 0 Å². The van der Waals surface area contributed by atoms with Gasteiger partial charge in [-0.3, -0.25) is 14.5 Å². The van der Waals surface area contributed by atoms with Crippen molar-refractivity contribution in [3.63, 3.8) is 0 Å². The van der Waals surface area contributed by atoms with Crippen LogP contribution in [-0.4, -0.2) is 53.5 Å². The lowest BCUT2D eigenvalue weighted by Gasteiger charge is -2.30. The number of carbonyl (C=O) groups excluding carboxylic acids is 3. The summed E-state index contributed by atoms with van der Waals surface area (Å²) in [5.41, 5.74) is -0.685. The van der Waals surface area contributed by atoms with Crippen LogP contribution in [0.2, 0.25) is 0 Å². The number of nitrogens with one attached hydrogen (secondary N) is 3. The van der Waals surface area contributed by atoms with E-state index in [0.29, 0.717) is 12.8 Å². The fraction of sp³-hybridized carbons (Fsp3) is 0.812. The fourth-order valence-electron chi connectivity index (χ4n) is 3.93. The second kappa shape index (κ2) is 7.70. The summed E-state index contributed by atoms with van der Waals surface area (Å²) in [4.78, 5) is 37.9. The van der Waals surface area contributed by atoms with Gasteiger partial charge < -0.3 is 16.0 Å². The molecule has 0 aromatic carbocycles. The predicted octanol–water partition coefficient (Wildman–Crippen LogP) is 0.920. The molecule has 24 heavy (non-hydrogen) atoms. The van der Waals surface area contributed by atoms with Crippen LogP contribution in [0.25, 0.3) is 0 Å². The summed E-state index contributed by atoms with van der Waals surface area (Å²) in [6, 6.07) is 0.0316. The second-order valence-electron chi connectivity index (χ2n) is 6.99. The van der Waals surface area contributed by atoms with Crippen LogP contribution >= 0.6 is 12.4 Å². The molecule has 0 aromatic heterocycles. The Balaban J connectivity index is 0.00000208. The number of piperidine rings is 1. The summed E-state index contributed by atoms with van der Waals surface area (Å²) in [5, 5.41) is 9.19. The highest BCUT2D eigenvalue weighted by Gasteiger charge is 2.52. The normalized spacial score (nSPS) is 28.6. The first kappa shape index (κ1) is 19.0. The van der Waals surface area contributed by atoms with Crippen LogP contribution < -0.4 is 16.0 Å². The number of imide groups is 1. The van der Waals surface area contributed by atoms with Crippen molar-refractivity contribution in [1.82, 2.24) is 20.9 Å². The first-order chi connectivity index (χ1) is 11.0. The maximum absolute atomic E-state index is 12.5. The van der Waals surface area contributed by atoms with Crippen molar-refractivity contribution in [3.8, 4) is 0 Å². The average Bonchev–Trinajstić information content (AvgIpc) is 3.07. The highest BCUT2D eigenvalue weighted by Crippen LogP contribution is 2.34. The van der Waals surface area contributed by atoms with Gasteiger partial charge >= 0.3 is 6.03 Å². The van der Waals surface area contributed by atoms with Gasteiger partial charge in [0.1, 0.15) is 5.54 Å². The van der Waals surface area contributed by atoms with E-state index in [0.717, 1.165) is 32.2 Å². The molecule has 0 bridgehead atoms. The zero-order valence-corrected chi connectivity index (χ0v) is 14.9. The van der Waals surface area contributed by atoms with Gasteiger partial charge in [0.2, 0.25) is 5.91 Å². The van der Waals surface area contributed by atoms with Gasteiger partial charge in [-0.1, -0.05) is 12.8 Å². The largest absolute Gasteiger partial charge is 0.352 e. The smallest absolute Gasteiger partial charge is 0.325 e. The Morgan fingerprint density at radius 1 is 1.29 bits per heavy atom. The second-order valence-corrected chi connectivity index (χ2v) is 6.99. The van der Waals surface area contributed by atoms with E-state index in [9.17, 15) is 14.4 Å². The number of nitrogens with zero attached hydrogens (tertiary/aromatic N) is 1. The van der Waals surface area contributed by atoms with E-state index in [1.807, 2.05) is 0 Å². The van der Waals surface area contributed by atoms with Crippen LogP contribution in [0, 0.1) is 0 Å². The van der Waals surface area contributed by atoms with E-state index in [1.165, 1.54) is 4.90 Å². The van der Waals surface area contributed by atoms with Crippen LogP contribution in [-0.2, 0) is 9.59 Å². The predicted molar refractivity (Wildman–Crippen MR) is 91.9 cm³/mol. The lowest BCUT2D eigenvalue weighted by Crippen LogP contribution is -2.52. The molecule has 2 saturated heterocycles. The van der Waals surface area contributed by atoms with Gasteiger partial charge in [-0.15, -0.1) is 12.4 Å². The number of rotatable bonds is 4. The van der Waals surface area contributed by atoms with Gasteiger partial charge in [-0.05, 0) is 39.2 Å². The third kappa shape index (κ3) is 3.67. The number of carbonyl (C=O) groups is 3.